The van der Waals surface area contributed by atoms with E-state index in [4.69, 9.17) is 0 Å². The first kappa shape index (κ1) is 8.92. The van der Waals surface area contributed by atoms with Crippen LogP contribution in [0.3, 0.4) is 0 Å². The van der Waals surface area contributed by atoms with Crippen LogP contribution in [0.4, 0.5) is 0 Å². The molecule has 0 fully saturated rings. The van der Waals surface area contributed by atoms with Gasteiger partial charge in [0.25, 0.3) is 0 Å². The third-order valence-corrected chi connectivity index (χ3v) is 1.58. The Hall–Kier alpha value is -0.0800. The molecule has 0 aromatic carbocycles. The minimum absolute atomic E-state index is 0.938. The minimum Gasteiger partial charge on any atom is -0.251 e. The summed E-state index contributed by atoms with van der Waals surface area (Å²) < 4.78 is 0.938. The lowest BCUT2D eigenvalue weighted by Gasteiger charge is -2.34. The van der Waals surface area contributed by atoms with Crippen molar-refractivity contribution in [2.75, 3.05) is 34.2 Å². The third-order valence-electron chi connectivity index (χ3n) is 1.58. The molecule has 0 atom stereocenters. The second-order valence-corrected chi connectivity index (χ2v) is 3.08. The molecular weight excluding hydrogens is 112 g/mol. The molecule has 0 aliphatic carbocycles. The zero-order valence-corrected chi connectivity index (χ0v) is 7.31. The normalized spacial score (nSPS) is 12.7. The van der Waals surface area contributed by atoms with Gasteiger partial charge in [0.05, 0.1) is 21.1 Å². The Morgan fingerprint density at radius 3 is 1.33 bits per heavy atom. The zero-order valence-electron chi connectivity index (χ0n) is 7.31. The van der Waals surface area contributed by atoms with Gasteiger partial charge in [-0.1, -0.05) is 0 Å². The van der Waals surface area contributed by atoms with E-state index >= 15 is 0 Å². The van der Waals surface area contributed by atoms with Crippen LogP contribution in [0.2, 0.25) is 0 Å². The van der Waals surface area contributed by atoms with Crippen LogP contribution < -0.4 is 0 Å². The Morgan fingerprint density at radius 2 is 1.33 bits per heavy atom. The van der Waals surface area contributed by atoms with Crippen molar-refractivity contribution < 1.29 is 4.59 Å². The first-order valence-electron chi connectivity index (χ1n) is 3.59. The Bertz CT molecular complexity index is 69.5. The van der Waals surface area contributed by atoms with E-state index in [1.54, 1.807) is 0 Å². The maximum atomic E-state index is 2.38. The van der Waals surface area contributed by atoms with Crippen LogP contribution in [0.5, 0.6) is 0 Å². The van der Waals surface area contributed by atoms with Crippen LogP contribution in [-0.4, -0.2) is 43.8 Å². The van der Waals surface area contributed by atoms with E-state index in [1.165, 1.54) is 0 Å². The molecule has 0 spiro atoms. The Kier molecular flexibility index (Phi) is 3.15. The second-order valence-electron chi connectivity index (χ2n) is 3.08. The van der Waals surface area contributed by atoms with Crippen LogP contribution in [-0.2, 0) is 0 Å². The molecule has 0 aliphatic rings. The van der Waals surface area contributed by atoms with Gasteiger partial charge in [-0.2, -0.15) is 5.01 Å². The molecule has 0 saturated carbocycles. The molecule has 0 bridgehead atoms. The molecule has 56 valence electrons. The van der Waals surface area contributed by atoms with Crippen molar-refractivity contribution in [2.24, 2.45) is 0 Å². The largest absolute Gasteiger partial charge is 0.251 e. The van der Waals surface area contributed by atoms with Gasteiger partial charge in [-0.05, 0) is 13.8 Å². The maximum Gasteiger partial charge on any atom is 0.0855 e. The number of hydrogen-bond acceptors (Lipinski definition) is 1. The highest BCUT2D eigenvalue weighted by Crippen LogP contribution is 1.98. The summed E-state index contributed by atoms with van der Waals surface area (Å²) in [6, 6.07) is 0. The second kappa shape index (κ2) is 3.18. The molecule has 0 radical (unpaired) electrons. The molecule has 9 heavy (non-hydrogen) atoms. The fourth-order valence-electron chi connectivity index (χ4n) is 1.07. The van der Waals surface area contributed by atoms with E-state index in [0.29, 0.717) is 0 Å². The molecule has 2 heteroatoms. The minimum atomic E-state index is 0.938. The summed E-state index contributed by atoms with van der Waals surface area (Å²) in [6.45, 7) is 6.62. The van der Waals surface area contributed by atoms with Crippen molar-refractivity contribution in [1.29, 1.82) is 0 Å². The van der Waals surface area contributed by atoms with Gasteiger partial charge in [-0.3, -0.25) is 4.59 Å². The maximum absolute atomic E-state index is 2.38. The van der Waals surface area contributed by atoms with E-state index in [0.717, 1.165) is 17.7 Å². The van der Waals surface area contributed by atoms with E-state index in [-0.39, 0.29) is 0 Å². The van der Waals surface area contributed by atoms with Crippen molar-refractivity contribution in [3.63, 3.8) is 0 Å². The molecular formula is C7H19N2+. The topological polar surface area (TPSA) is 3.24 Å². The zero-order chi connectivity index (χ0) is 7.49. The van der Waals surface area contributed by atoms with E-state index in [2.05, 4.69) is 40.0 Å². The Balaban J connectivity index is 3.79. The molecule has 0 amide bonds. The van der Waals surface area contributed by atoms with Crippen LogP contribution >= 0.6 is 0 Å². The van der Waals surface area contributed by atoms with Crippen molar-refractivity contribution in [3.8, 4) is 0 Å². The summed E-state index contributed by atoms with van der Waals surface area (Å²) in [7, 11) is 6.56. The summed E-state index contributed by atoms with van der Waals surface area (Å²) in [4.78, 5) is 0. The molecule has 0 rings (SSSR count). The highest BCUT2D eigenvalue weighted by molar-refractivity contribution is 4.31. The number of nitrogens with zero attached hydrogens (tertiary/aromatic N) is 2. The van der Waals surface area contributed by atoms with E-state index < -0.39 is 0 Å². The van der Waals surface area contributed by atoms with Crippen molar-refractivity contribution in [3.05, 3.63) is 0 Å². The van der Waals surface area contributed by atoms with Gasteiger partial charge in [-0.25, -0.2) is 0 Å². The molecule has 0 saturated heterocycles. The smallest absolute Gasteiger partial charge is 0.0855 e. The quantitative estimate of drug-likeness (QED) is 0.407. The molecule has 0 aromatic rings. The number of hydrogen-bond donors (Lipinski definition) is 0. The fraction of sp³-hybridized carbons (Fsp3) is 1.00. The lowest BCUT2D eigenvalue weighted by atomic mass is 10.6. The first-order chi connectivity index (χ1) is 4.02. The SMILES string of the molecule is CCN(CC)[N+](C)(C)C. The molecule has 0 aromatic heterocycles. The summed E-state index contributed by atoms with van der Waals surface area (Å²) in [6.07, 6.45) is 0. The highest BCUT2D eigenvalue weighted by Gasteiger charge is 2.14. The average Bonchev–Trinajstić information content (AvgIpc) is 1.65. The predicted octanol–water partition coefficient (Wildman–Crippen LogP) is 0.949. The fourth-order valence-corrected chi connectivity index (χ4v) is 1.07. The predicted molar refractivity (Wildman–Crippen MR) is 41.0 cm³/mol. The Labute approximate surface area is 58.6 Å². The molecule has 0 N–H and O–H groups in total. The molecule has 0 heterocycles. The van der Waals surface area contributed by atoms with E-state index in [9.17, 15) is 0 Å². The molecule has 0 aliphatic heterocycles. The monoisotopic (exact) mass is 131 g/mol. The standard InChI is InChI=1S/C7H19N2/c1-6-8(7-2)9(3,4)5/h6-7H2,1-5H3/q+1. The van der Waals surface area contributed by atoms with Crippen LogP contribution in [0.15, 0.2) is 0 Å². The van der Waals surface area contributed by atoms with Gasteiger partial charge < -0.3 is 0 Å². The van der Waals surface area contributed by atoms with Gasteiger partial charge in [0.2, 0.25) is 0 Å². The number of rotatable bonds is 3. The van der Waals surface area contributed by atoms with Crippen molar-refractivity contribution in [2.45, 2.75) is 13.8 Å². The molecule has 2 nitrogen and oxygen atoms in total. The van der Waals surface area contributed by atoms with Crippen LogP contribution in [0.25, 0.3) is 0 Å². The lowest BCUT2D eigenvalue weighted by Crippen LogP contribution is -2.51. The van der Waals surface area contributed by atoms with Gasteiger partial charge in [0, 0.05) is 13.1 Å². The van der Waals surface area contributed by atoms with Crippen molar-refractivity contribution >= 4 is 0 Å². The summed E-state index contributed by atoms with van der Waals surface area (Å²) in [5.74, 6) is 0. The summed E-state index contributed by atoms with van der Waals surface area (Å²) in [5, 5.41) is 2.38. The van der Waals surface area contributed by atoms with Gasteiger partial charge >= 0.3 is 0 Å². The highest BCUT2D eigenvalue weighted by atomic mass is 15.7. The number of quaternary nitrogens is 1. The molecule has 0 unspecified atom stereocenters. The Morgan fingerprint density at radius 1 is 1.00 bits per heavy atom. The van der Waals surface area contributed by atoms with Crippen molar-refractivity contribution in [1.82, 2.24) is 5.01 Å². The van der Waals surface area contributed by atoms with Crippen LogP contribution in [0.1, 0.15) is 13.8 Å². The summed E-state index contributed by atoms with van der Waals surface area (Å²) in [5.41, 5.74) is 0. The average molecular weight is 131 g/mol. The van der Waals surface area contributed by atoms with Gasteiger partial charge in [0.15, 0.2) is 0 Å². The first-order valence-corrected chi connectivity index (χ1v) is 3.59. The lowest BCUT2D eigenvalue weighted by molar-refractivity contribution is -0.986. The third kappa shape index (κ3) is 2.82. The van der Waals surface area contributed by atoms with Gasteiger partial charge in [-0.15, -0.1) is 0 Å². The summed E-state index contributed by atoms with van der Waals surface area (Å²) >= 11 is 0. The van der Waals surface area contributed by atoms with Crippen LogP contribution in [0, 0.1) is 0 Å². The van der Waals surface area contributed by atoms with E-state index in [1.807, 2.05) is 0 Å². The van der Waals surface area contributed by atoms with Gasteiger partial charge in [0.1, 0.15) is 0 Å².